The first-order chi connectivity index (χ1) is 7.92. The summed E-state index contributed by atoms with van der Waals surface area (Å²) in [7, 11) is 0. The van der Waals surface area contributed by atoms with Crippen molar-refractivity contribution >= 4 is 11.6 Å². The van der Waals surface area contributed by atoms with E-state index in [-0.39, 0.29) is 5.91 Å². The highest BCUT2D eigenvalue weighted by Crippen LogP contribution is 2.17. The number of aryl methyl sites for hydroxylation is 2. The summed E-state index contributed by atoms with van der Waals surface area (Å²) in [6.45, 7) is 7.63. The topological polar surface area (TPSA) is 68.0 Å². The van der Waals surface area contributed by atoms with Gasteiger partial charge in [0.1, 0.15) is 0 Å². The van der Waals surface area contributed by atoms with E-state index in [4.69, 9.17) is 5.73 Å². The molecule has 0 aliphatic rings. The molecule has 1 aromatic rings. The van der Waals surface area contributed by atoms with Crippen LogP contribution in [0.2, 0.25) is 0 Å². The van der Waals surface area contributed by atoms with Gasteiger partial charge in [-0.1, -0.05) is 13.8 Å². The summed E-state index contributed by atoms with van der Waals surface area (Å²) in [5, 5.41) is 2.85. The number of amides is 1. The van der Waals surface area contributed by atoms with E-state index in [0.29, 0.717) is 12.8 Å². The third kappa shape index (κ3) is 3.03. The quantitative estimate of drug-likeness (QED) is 0.840. The Labute approximate surface area is 103 Å². The molecule has 1 aromatic heterocycles. The number of nitrogens with two attached hydrogens (primary N) is 1. The van der Waals surface area contributed by atoms with Crippen molar-refractivity contribution in [2.24, 2.45) is 5.73 Å². The second-order valence-electron chi connectivity index (χ2n) is 4.40. The highest BCUT2D eigenvalue weighted by atomic mass is 16.2. The predicted octanol–water partition coefficient (Wildman–Crippen LogP) is 2.15. The number of anilines is 1. The number of hydrogen-bond donors (Lipinski definition) is 2. The Kier molecular flexibility index (Phi) is 4.23. The molecule has 0 spiro atoms. The number of pyridine rings is 1. The minimum absolute atomic E-state index is 0.142. The van der Waals surface area contributed by atoms with E-state index in [1.165, 1.54) is 0 Å². The van der Waals surface area contributed by atoms with Crippen molar-refractivity contribution in [3.63, 3.8) is 0 Å². The molecule has 0 saturated heterocycles. The molecule has 0 radical (unpaired) electrons. The zero-order valence-corrected chi connectivity index (χ0v) is 11.0. The van der Waals surface area contributed by atoms with E-state index in [1.807, 2.05) is 39.8 Å². The molecule has 0 saturated carbocycles. The number of nitrogens with zero attached hydrogens (tertiary/aromatic N) is 1. The van der Waals surface area contributed by atoms with Gasteiger partial charge < -0.3 is 11.1 Å². The Hall–Kier alpha value is -1.42. The molecular weight excluding hydrogens is 214 g/mol. The molecule has 0 atom stereocenters. The fourth-order valence-corrected chi connectivity index (χ4v) is 1.64. The largest absolute Gasteiger partial charge is 0.323 e. The first kappa shape index (κ1) is 13.6. The van der Waals surface area contributed by atoms with Gasteiger partial charge in [0.15, 0.2) is 0 Å². The fourth-order valence-electron chi connectivity index (χ4n) is 1.64. The number of carbonyl (C=O) groups excluding carboxylic acids is 1. The maximum atomic E-state index is 12.1. The lowest BCUT2D eigenvalue weighted by Crippen LogP contribution is -2.50. The van der Waals surface area contributed by atoms with Crippen LogP contribution in [0.1, 0.15) is 38.1 Å². The van der Waals surface area contributed by atoms with Crippen LogP contribution in [-0.4, -0.2) is 16.4 Å². The zero-order valence-electron chi connectivity index (χ0n) is 11.0. The highest BCUT2D eigenvalue weighted by molar-refractivity contribution is 5.98. The van der Waals surface area contributed by atoms with Gasteiger partial charge in [-0.3, -0.25) is 9.78 Å². The lowest BCUT2D eigenvalue weighted by molar-refractivity contribution is -0.121. The molecule has 3 N–H and O–H groups in total. The van der Waals surface area contributed by atoms with E-state index >= 15 is 0 Å². The standard InChI is InChI=1S/C13H21N3O/c1-5-13(14,6-2)12(17)16-11-8-7-9(3)15-10(11)4/h7-8H,5-6,14H2,1-4H3,(H,16,17). The van der Waals surface area contributed by atoms with Gasteiger partial charge in [-0.2, -0.15) is 0 Å². The molecule has 0 aliphatic carbocycles. The van der Waals surface area contributed by atoms with Gasteiger partial charge in [0.2, 0.25) is 5.91 Å². The lowest BCUT2D eigenvalue weighted by Gasteiger charge is -2.25. The number of hydrogen-bond acceptors (Lipinski definition) is 3. The first-order valence-corrected chi connectivity index (χ1v) is 5.97. The van der Waals surface area contributed by atoms with E-state index < -0.39 is 5.54 Å². The molecule has 94 valence electrons. The summed E-state index contributed by atoms with van der Waals surface area (Å²) in [5.41, 5.74) is 7.72. The number of carbonyl (C=O) groups is 1. The summed E-state index contributed by atoms with van der Waals surface area (Å²) in [5.74, 6) is -0.142. The van der Waals surface area contributed by atoms with Crippen molar-refractivity contribution in [1.82, 2.24) is 4.98 Å². The molecule has 0 fully saturated rings. The monoisotopic (exact) mass is 235 g/mol. The van der Waals surface area contributed by atoms with Gasteiger partial charge in [0.25, 0.3) is 0 Å². The Morgan fingerprint density at radius 2 is 1.94 bits per heavy atom. The predicted molar refractivity (Wildman–Crippen MR) is 69.8 cm³/mol. The molecular formula is C13H21N3O. The van der Waals surface area contributed by atoms with Crippen LogP contribution in [0.25, 0.3) is 0 Å². The maximum Gasteiger partial charge on any atom is 0.244 e. The molecule has 4 heteroatoms. The fraction of sp³-hybridized carbons (Fsp3) is 0.538. The van der Waals surface area contributed by atoms with Gasteiger partial charge >= 0.3 is 0 Å². The van der Waals surface area contributed by atoms with E-state index in [2.05, 4.69) is 10.3 Å². The van der Waals surface area contributed by atoms with Crippen LogP contribution >= 0.6 is 0 Å². The van der Waals surface area contributed by atoms with Gasteiger partial charge in [0, 0.05) is 5.69 Å². The van der Waals surface area contributed by atoms with Crippen molar-refractivity contribution in [2.75, 3.05) is 5.32 Å². The SMILES string of the molecule is CCC(N)(CC)C(=O)Nc1ccc(C)nc1C. The molecule has 4 nitrogen and oxygen atoms in total. The Morgan fingerprint density at radius 1 is 1.35 bits per heavy atom. The number of rotatable bonds is 4. The summed E-state index contributed by atoms with van der Waals surface area (Å²) in [6, 6.07) is 3.74. The van der Waals surface area contributed by atoms with E-state index in [1.54, 1.807) is 0 Å². The van der Waals surface area contributed by atoms with Crippen LogP contribution in [0.3, 0.4) is 0 Å². The average molecular weight is 235 g/mol. The molecule has 1 amide bonds. The average Bonchev–Trinajstić information content (AvgIpc) is 2.31. The third-order valence-electron chi connectivity index (χ3n) is 3.19. The van der Waals surface area contributed by atoms with Crippen LogP contribution in [0.5, 0.6) is 0 Å². The molecule has 0 bridgehead atoms. The summed E-state index contributed by atoms with van der Waals surface area (Å²) in [6.07, 6.45) is 1.24. The van der Waals surface area contributed by atoms with Gasteiger partial charge in [-0.15, -0.1) is 0 Å². The van der Waals surface area contributed by atoms with Crippen molar-refractivity contribution < 1.29 is 4.79 Å². The first-order valence-electron chi connectivity index (χ1n) is 5.97. The van der Waals surface area contributed by atoms with Gasteiger partial charge in [0.05, 0.1) is 16.9 Å². The number of aromatic nitrogens is 1. The molecule has 1 heterocycles. The summed E-state index contributed by atoms with van der Waals surface area (Å²) >= 11 is 0. The van der Waals surface area contributed by atoms with Crippen molar-refractivity contribution in [2.45, 2.75) is 46.1 Å². The number of nitrogens with one attached hydrogen (secondary N) is 1. The summed E-state index contributed by atoms with van der Waals surface area (Å²) < 4.78 is 0. The molecule has 17 heavy (non-hydrogen) atoms. The maximum absolute atomic E-state index is 12.1. The minimum Gasteiger partial charge on any atom is -0.323 e. The lowest BCUT2D eigenvalue weighted by atomic mass is 9.93. The normalized spacial score (nSPS) is 11.4. The molecule has 1 rings (SSSR count). The van der Waals surface area contributed by atoms with Gasteiger partial charge in [-0.05, 0) is 38.8 Å². The van der Waals surface area contributed by atoms with Crippen molar-refractivity contribution in [1.29, 1.82) is 0 Å². The van der Waals surface area contributed by atoms with Crippen LogP contribution in [0.4, 0.5) is 5.69 Å². The highest BCUT2D eigenvalue weighted by Gasteiger charge is 2.30. The third-order valence-corrected chi connectivity index (χ3v) is 3.19. The van der Waals surface area contributed by atoms with Crippen LogP contribution in [-0.2, 0) is 4.79 Å². The van der Waals surface area contributed by atoms with Crippen molar-refractivity contribution in [3.05, 3.63) is 23.5 Å². The van der Waals surface area contributed by atoms with Crippen molar-refractivity contribution in [3.8, 4) is 0 Å². The molecule has 0 aromatic carbocycles. The van der Waals surface area contributed by atoms with Gasteiger partial charge in [-0.25, -0.2) is 0 Å². The second-order valence-corrected chi connectivity index (χ2v) is 4.40. The molecule has 0 unspecified atom stereocenters. The Bertz CT molecular complexity index is 411. The smallest absolute Gasteiger partial charge is 0.244 e. The minimum atomic E-state index is -0.794. The van der Waals surface area contributed by atoms with E-state index in [9.17, 15) is 4.79 Å². The zero-order chi connectivity index (χ0) is 13.1. The van der Waals surface area contributed by atoms with Crippen LogP contribution in [0, 0.1) is 13.8 Å². The Balaban J connectivity index is 2.88. The summed E-state index contributed by atoms with van der Waals surface area (Å²) in [4.78, 5) is 16.4. The Morgan fingerprint density at radius 3 is 2.41 bits per heavy atom. The molecule has 0 aliphatic heterocycles. The second kappa shape index (κ2) is 5.27. The van der Waals surface area contributed by atoms with Crippen LogP contribution in [0.15, 0.2) is 12.1 Å². The van der Waals surface area contributed by atoms with E-state index in [0.717, 1.165) is 17.1 Å². The van der Waals surface area contributed by atoms with Crippen LogP contribution < -0.4 is 11.1 Å².